The van der Waals surface area contributed by atoms with Gasteiger partial charge < -0.3 is 14.2 Å². The first kappa shape index (κ1) is 24.4. The van der Waals surface area contributed by atoms with Crippen LogP contribution in [0.25, 0.3) is 6.08 Å². The third kappa shape index (κ3) is 4.86. The first-order valence-corrected chi connectivity index (χ1v) is 12.3. The van der Waals surface area contributed by atoms with E-state index in [9.17, 15) is 14.4 Å². The molecule has 0 saturated carbocycles. The Bertz CT molecular complexity index is 1460. The molecule has 3 aromatic carbocycles. The molecule has 0 aromatic heterocycles. The molecule has 8 nitrogen and oxygen atoms in total. The average Bonchev–Trinajstić information content (AvgIpc) is 3.31. The zero-order valence-corrected chi connectivity index (χ0v) is 21.9. The Morgan fingerprint density at radius 1 is 0.972 bits per heavy atom. The van der Waals surface area contributed by atoms with Crippen molar-refractivity contribution < 1.29 is 28.6 Å². The molecule has 11 heteroatoms. The second kappa shape index (κ2) is 10.00. The third-order valence-electron chi connectivity index (χ3n) is 5.36. The van der Waals surface area contributed by atoms with E-state index in [1.54, 1.807) is 42.5 Å². The molecule has 1 fully saturated rings. The van der Waals surface area contributed by atoms with Gasteiger partial charge in [0.1, 0.15) is 17.9 Å². The number of anilines is 1. The van der Waals surface area contributed by atoms with Crippen molar-refractivity contribution in [1.82, 2.24) is 5.32 Å². The topological polar surface area (TPSA) is 94.2 Å². The number of hydrogen-bond acceptors (Lipinski definition) is 6. The number of urea groups is 1. The van der Waals surface area contributed by atoms with Gasteiger partial charge in [-0.2, -0.15) is 0 Å². The van der Waals surface area contributed by atoms with Crippen LogP contribution < -0.4 is 24.4 Å². The molecule has 182 valence electrons. The normalized spacial score (nSPS) is 15.9. The average molecular weight is 637 g/mol. The molecule has 4 amide bonds. The summed E-state index contributed by atoms with van der Waals surface area (Å²) in [6.45, 7) is 0.329. The number of imide groups is 2. The summed E-state index contributed by atoms with van der Waals surface area (Å²) in [4.78, 5) is 39.0. The fourth-order valence-electron chi connectivity index (χ4n) is 3.60. The van der Waals surface area contributed by atoms with Crippen molar-refractivity contribution in [2.24, 2.45) is 0 Å². The fourth-order valence-corrected chi connectivity index (χ4v) is 4.61. The highest BCUT2D eigenvalue weighted by Gasteiger charge is 2.37. The van der Waals surface area contributed by atoms with E-state index in [2.05, 4.69) is 27.9 Å². The van der Waals surface area contributed by atoms with Crippen molar-refractivity contribution in [3.63, 3.8) is 0 Å². The second-order valence-electron chi connectivity index (χ2n) is 7.72. The molecule has 0 atom stereocenters. The standard InChI is InChI=1S/C25H15Cl2IN2O6/c26-17-4-1-14(8-18(17)27)11-34-20-5-2-13(9-19(20)28)7-16-23(31)29-25(33)30(24(16)32)15-3-6-21-22(10-15)36-12-35-21/h1-10H,11-12H2,(H,29,31,33)/b16-7+. The van der Waals surface area contributed by atoms with Gasteiger partial charge in [-0.05, 0) is 76.2 Å². The number of amides is 4. The van der Waals surface area contributed by atoms with Gasteiger partial charge in [0.25, 0.3) is 11.8 Å². The van der Waals surface area contributed by atoms with Crippen LogP contribution in [0.4, 0.5) is 10.5 Å². The quantitative estimate of drug-likeness (QED) is 0.224. The van der Waals surface area contributed by atoms with Gasteiger partial charge in [0, 0.05) is 6.07 Å². The Labute approximate surface area is 228 Å². The van der Waals surface area contributed by atoms with Crippen LogP contribution in [0, 0.1) is 3.57 Å². The van der Waals surface area contributed by atoms with Crippen molar-refractivity contribution in [2.75, 3.05) is 11.7 Å². The van der Waals surface area contributed by atoms with Crippen LogP contribution in [-0.2, 0) is 16.2 Å². The first-order valence-electron chi connectivity index (χ1n) is 10.5. The largest absolute Gasteiger partial charge is 0.488 e. The highest BCUT2D eigenvalue weighted by atomic mass is 127. The molecule has 0 spiro atoms. The highest BCUT2D eigenvalue weighted by molar-refractivity contribution is 14.1. The summed E-state index contributed by atoms with van der Waals surface area (Å²) in [5.74, 6) is -0.0111. The second-order valence-corrected chi connectivity index (χ2v) is 9.70. The number of ether oxygens (including phenoxy) is 3. The van der Waals surface area contributed by atoms with E-state index >= 15 is 0 Å². The minimum Gasteiger partial charge on any atom is -0.488 e. The van der Waals surface area contributed by atoms with Gasteiger partial charge in [0.2, 0.25) is 6.79 Å². The molecule has 2 aliphatic rings. The predicted molar refractivity (Wildman–Crippen MR) is 142 cm³/mol. The van der Waals surface area contributed by atoms with E-state index in [0.717, 1.165) is 14.0 Å². The molecular weight excluding hydrogens is 622 g/mol. The SMILES string of the molecule is O=C1NC(=O)N(c2ccc3c(c2)OCO3)C(=O)/C1=C/c1ccc(OCc2ccc(Cl)c(Cl)c2)c(I)c1. The third-order valence-corrected chi connectivity index (χ3v) is 6.94. The summed E-state index contributed by atoms with van der Waals surface area (Å²) >= 11 is 14.1. The van der Waals surface area contributed by atoms with Gasteiger partial charge in [0.15, 0.2) is 11.5 Å². The van der Waals surface area contributed by atoms with Gasteiger partial charge in [0.05, 0.1) is 19.3 Å². The van der Waals surface area contributed by atoms with E-state index < -0.39 is 17.8 Å². The zero-order valence-electron chi connectivity index (χ0n) is 18.2. The Balaban J connectivity index is 1.36. The lowest BCUT2D eigenvalue weighted by Crippen LogP contribution is -2.54. The summed E-state index contributed by atoms with van der Waals surface area (Å²) in [6.07, 6.45) is 1.43. The summed E-state index contributed by atoms with van der Waals surface area (Å²) in [5.41, 5.74) is 1.50. The molecule has 0 bridgehead atoms. The fraction of sp³-hybridized carbons (Fsp3) is 0.0800. The molecule has 1 saturated heterocycles. The molecule has 1 N–H and O–H groups in total. The number of fused-ring (bicyclic) bond motifs is 1. The van der Waals surface area contributed by atoms with E-state index in [-0.39, 0.29) is 24.7 Å². The maximum absolute atomic E-state index is 13.2. The van der Waals surface area contributed by atoms with Crippen LogP contribution in [-0.4, -0.2) is 24.6 Å². The number of nitrogens with zero attached hydrogens (tertiary/aromatic N) is 1. The number of hydrogen-bond donors (Lipinski definition) is 1. The van der Waals surface area contributed by atoms with Crippen LogP contribution in [0.15, 0.2) is 60.2 Å². The van der Waals surface area contributed by atoms with Gasteiger partial charge in [-0.15, -0.1) is 0 Å². The van der Waals surface area contributed by atoms with Crippen molar-refractivity contribution in [1.29, 1.82) is 0 Å². The number of nitrogens with one attached hydrogen (secondary N) is 1. The zero-order chi connectivity index (χ0) is 25.4. The smallest absolute Gasteiger partial charge is 0.335 e. The number of benzene rings is 3. The van der Waals surface area contributed by atoms with Crippen LogP contribution in [0.3, 0.4) is 0 Å². The Morgan fingerprint density at radius 3 is 2.56 bits per heavy atom. The maximum atomic E-state index is 13.2. The van der Waals surface area contributed by atoms with Crippen molar-refractivity contribution in [3.05, 3.63) is 84.9 Å². The minimum absolute atomic E-state index is 0.0500. The Morgan fingerprint density at radius 2 is 1.78 bits per heavy atom. The first-order chi connectivity index (χ1) is 17.3. The number of halogens is 3. The van der Waals surface area contributed by atoms with Gasteiger partial charge >= 0.3 is 6.03 Å². The molecule has 3 aromatic rings. The molecular formula is C25H15Cl2IN2O6. The van der Waals surface area contributed by atoms with E-state index in [1.165, 1.54) is 12.1 Å². The van der Waals surface area contributed by atoms with Crippen LogP contribution in [0.5, 0.6) is 17.2 Å². The highest BCUT2D eigenvalue weighted by Crippen LogP contribution is 2.36. The Hall–Kier alpha value is -3.28. The lowest BCUT2D eigenvalue weighted by atomic mass is 10.1. The Kier molecular flexibility index (Phi) is 6.78. The number of carbonyl (C=O) groups excluding carboxylic acids is 3. The molecule has 0 radical (unpaired) electrons. The number of barbiturate groups is 1. The molecule has 0 unspecified atom stereocenters. The maximum Gasteiger partial charge on any atom is 0.335 e. The molecule has 0 aliphatic carbocycles. The molecule has 5 rings (SSSR count). The minimum atomic E-state index is -0.846. The van der Waals surface area contributed by atoms with Gasteiger partial charge in [-0.25, -0.2) is 9.69 Å². The van der Waals surface area contributed by atoms with E-state index in [4.69, 9.17) is 37.4 Å². The summed E-state index contributed by atoms with van der Waals surface area (Å²) in [7, 11) is 0. The lowest BCUT2D eigenvalue weighted by molar-refractivity contribution is -0.122. The molecule has 36 heavy (non-hydrogen) atoms. The van der Waals surface area contributed by atoms with Crippen LogP contribution >= 0.6 is 45.8 Å². The number of rotatable bonds is 5. The van der Waals surface area contributed by atoms with Crippen molar-refractivity contribution >= 4 is 75.4 Å². The monoisotopic (exact) mass is 636 g/mol. The summed E-state index contributed by atoms with van der Waals surface area (Å²) in [5, 5.41) is 3.12. The molecule has 2 aliphatic heterocycles. The predicted octanol–water partition coefficient (Wildman–Crippen LogP) is 5.57. The van der Waals surface area contributed by atoms with E-state index in [0.29, 0.717) is 32.9 Å². The summed E-state index contributed by atoms with van der Waals surface area (Å²) in [6, 6.07) is 14.3. The number of carbonyl (C=O) groups is 3. The van der Waals surface area contributed by atoms with Crippen molar-refractivity contribution in [3.8, 4) is 17.2 Å². The van der Waals surface area contributed by atoms with Crippen LogP contribution in [0.2, 0.25) is 10.0 Å². The van der Waals surface area contributed by atoms with E-state index in [1.807, 2.05) is 6.07 Å². The van der Waals surface area contributed by atoms with Crippen LogP contribution in [0.1, 0.15) is 11.1 Å². The lowest BCUT2D eigenvalue weighted by Gasteiger charge is -2.26. The summed E-state index contributed by atoms with van der Waals surface area (Å²) < 4.78 is 17.2. The van der Waals surface area contributed by atoms with Crippen molar-refractivity contribution in [2.45, 2.75) is 6.61 Å². The van der Waals surface area contributed by atoms with Gasteiger partial charge in [-0.1, -0.05) is 35.3 Å². The molecule has 2 heterocycles. The van der Waals surface area contributed by atoms with Gasteiger partial charge in [-0.3, -0.25) is 14.9 Å².